The molecule has 13 heavy (non-hydrogen) atoms. The highest BCUT2D eigenvalue weighted by molar-refractivity contribution is 7.91. The van der Waals surface area contributed by atoms with Gasteiger partial charge in [0.05, 0.1) is 11.8 Å². The normalized spacial score (nSPS) is 11.5. The quantitative estimate of drug-likeness (QED) is 0.628. The lowest BCUT2D eigenvalue weighted by molar-refractivity contribution is 0.102. The van der Waals surface area contributed by atoms with Gasteiger partial charge >= 0.3 is 0 Å². The van der Waals surface area contributed by atoms with Gasteiger partial charge in [-0.25, -0.2) is 8.42 Å². The number of hydrogen-bond acceptors (Lipinski definition) is 4. The molecule has 0 saturated heterocycles. The first-order valence-electron chi connectivity index (χ1n) is 3.58. The zero-order valence-corrected chi connectivity index (χ0v) is 8.21. The molecule has 0 spiro atoms. The third-order valence-electron chi connectivity index (χ3n) is 1.42. The molecule has 6 heteroatoms. The molecule has 1 rings (SSSR count). The second-order valence-electron chi connectivity index (χ2n) is 2.90. The summed E-state index contributed by atoms with van der Waals surface area (Å²) in [6, 6.07) is 0. The lowest BCUT2D eigenvalue weighted by Gasteiger charge is -1.93. The zero-order chi connectivity index (χ0) is 10.1. The van der Waals surface area contributed by atoms with Crippen LogP contribution in [0, 0.1) is 0 Å². The Kier molecular flexibility index (Phi) is 2.51. The maximum absolute atomic E-state index is 11.2. The van der Waals surface area contributed by atoms with Crippen molar-refractivity contribution in [2.24, 2.45) is 7.05 Å². The SMILES string of the molecule is Cn1cc(C(=O)CS(C)(=O)=O)cn1. The van der Waals surface area contributed by atoms with E-state index in [4.69, 9.17) is 0 Å². The highest BCUT2D eigenvalue weighted by atomic mass is 32.2. The molecule has 0 aliphatic heterocycles. The first-order valence-corrected chi connectivity index (χ1v) is 5.64. The number of ketones is 1. The molecule has 0 aliphatic carbocycles. The average molecular weight is 202 g/mol. The number of sulfone groups is 1. The second kappa shape index (κ2) is 3.29. The molecule has 0 radical (unpaired) electrons. The largest absolute Gasteiger partial charge is 0.293 e. The van der Waals surface area contributed by atoms with Crippen LogP contribution in [0.1, 0.15) is 10.4 Å². The summed E-state index contributed by atoms with van der Waals surface area (Å²) in [5, 5.41) is 3.77. The Morgan fingerprint density at radius 2 is 2.23 bits per heavy atom. The predicted molar refractivity (Wildman–Crippen MR) is 47.2 cm³/mol. The highest BCUT2D eigenvalue weighted by Crippen LogP contribution is 1.99. The number of nitrogens with zero attached hydrogens (tertiary/aromatic N) is 2. The van der Waals surface area contributed by atoms with Gasteiger partial charge in [0.1, 0.15) is 5.75 Å². The number of carbonyl (C=O) groups excluding carboxylic acids is 1. The van der Waals surface area contributed by atoms with Gasteiger partial charge in [-0.2, -0.15) is 5.10 Å². The molecular weight excluding hydrogens is 192 g/mol. The molecule has 0 amide bonds. The number of aryl methyl sites for hydroxylation is 1. The molecule has 0 aromatic carbocycles. The van der Waals surface area contributed by atoms with Crippen LogP contribution in [-0.4, -0.2) is 36.0 Å². The summed E-state index contributed by atoms with van der Waals surface area (Å²) in [5.41, 5.74) is 0.327. The topological polar surface area (TPSA) is 69.0 Å². The van der Waals surface area contributed by atoms with Crippen LogP contribution in [0.3, 0.4) is 0 Å². The van der Waals surface area contributed by atoms with Crippen LogP contribution in [0.4, 0.5) is 0 Å². The molecule has 1 heterocycles. The van der Waals surface area contributed by atoms with Crippen LogP contribution in [0.25, 0.3) is 0 Å². The van der Waals surface area contributed by atoms with Crippen molar-refractivity contribution in [3.05, 3.63) is 18.0 Å². The van der Waals surface area contributed by atoms with E-state index in [1.54, 1.807) is 7.05 Å². The highest BCUT2D eigenvalue weighted by Gasteiger charge is 2.14. The van der Waals surface area contributed by atoms with Crippen molar-refractivity contribution in [3.8, 4) is 0 Å². The summed E-state index contributed by atoms with van der Waals surface area (Å²) >= 11 is 0. The number of rotatable bonds is 3. The van der Waals surface area contributed by atoms with Gasteiger partial charge in [-0.1, -0.05) is 0 Å². The Morgan fingerprint density at radius 3 is 2.62 bits per heavy atom. The zero-order valence-electron chi connectivity index (χ0n) is 7.39. The van der Waals surface area contributed by atoms with E-state index in [2.05, 4.69) is 5.10 Å². The Labute approximate surface area is 76.3 Å². The van der Waals surface area contributed by atoms with Crippen LogP contribution in [-0.2, 0) is 16.9 Å². The standard InChI is InChI=1S/C7H10N2O3S/c1-9-4-6(3-8-9)7(10)5-13(2,11)12/h3-4H,5H2,1-2H3. The molecule has 0 atom stereocenters. The van der Waals surface area contributed by atoms with Gasteiger partial charge in [0.15, 0.2) is 15.6 Å². The third kappa shape index (κ3) is 2.98. The van der Waals surface area contributed by atoms with E-state index in [1.165, 1.54) is 17.1 Å². The van der Waals surface area contributed by atoms with Crippen LogP contribution in [0.15, 0.2) is 12.4 Å². The summed E-state index contributed by atoms with van der Waals surface area (Å²) in [5.74, 6) is -0.880. The van der Waals surface area contributed by atoms with Gasteiger partial charge in [0, 0.05) is 19.5 Å². The van der Waals surface area contributed by atoms with E-state index in [0.717, 1.165) is 6.26 Å². The number of aromatic nitrogens is 2. The Balaban J connectivity index is 2.81. The van der Waals surface area contributed by atoms with Gasteiger partial charge < -0.3 is 0 Å². The molecule has 5 nitrogen and oxygen atoms in total. The van der Waals surface area contributed by atoms with Crippen molar-refractivity contribution >= 4 is 15.6 Å². The molecule has 0 bridgehead atoms. The second-order valence-corrected chi connectivity index (χ2v) is 5.04. The number of Topliss-reactive ketones (excluding diaryl/α,β-unsaturated/α-hetero) is 1. The molecule has 1 aromatic heterocycles. The van der Waals surface area contributed by atoms with Gasteiger partial charge in [0.2, 0.25) is 0 Å². The third-order valence-corrected chi connectivity index (χ3v) is 2.21. The molecular formula is C7H10N2O3S. The van der Waals surface area contributed by atoms with E-state index < -0.39 is 21.4 Å². The summed E-state index contributed by atoms with van der Waals surface area (Å²) in [7, 11) is -1.58. The van der Waals surface area contributed by atoms with E-state index >= 15 is 0 Å². The van der Waals surface area contributed by atoms with Crippen LogP contribution in [0.2, 0.25) is 0 Å². The molecule has 0 N–H and O–H groups in total. The van der Waals surface area contributed by atoms with Gasteiger partial charge in [0.25, 0.3) is 0 Å². The van der Waals surface area contributed by atoms with E-state index in [1.807, 2.05) is 0 Å². The molecule has 0 unspecified atom stereocenters. The minimum absolute atomic E-state index is 0.327. The minimum atomic E-state index is -3.25. The fraction of sp³-hybridized carbons (Fsp3) is 0.429. The fourth-order valence-corrected chi connectivity index (χ4v) is 1.53. The van der Waals surface area contributed by atoms with Crippen molar-refractivity contribution in [3.63, 3.8) is 0 Å². The first kappa shape index (κ1) is 9.91. The van der Waals surface area contributed by atoms with E-state index in [-0.39, 0.29) is 0 Å². The average Bonchev–Trinajstić information content (AvgIpc) is 2.31. The van der Waals surface area contributed by atoms with E-state index in [0.29, 0.717) is 5.56 Å². The monoisotopic (exact) mass is 202 g/mol. The van der Waals surface area contributed by atoms with Crippen molar-refractivity contribution in [2.75, 3.05) is 12.0 Å². The Morgan fingerprint density at radius 1 is 1.62 bits per heavy atom. The van der Waals surface area contributed by atoms with E-state index in [9.17, 15) is 13.2 Å². The van der Waals surface area contributed by atoms with Crippen LogP contribution in [0.5, 0.6) is 0 Å². The van der Waals surface area contributed by atoms with Crippen molar-refractivity contribution in [2.45, 2.75) is 0 Å². The Hall–Kier alpha value is -1.17. The lowest BCUT2D eigenvalue weighted by Crippen LogP contribution is -2.13. The molecule has 1 aromatic rings. The molecule has 0 fully saturated rings. The van der Waals surface area contributed by atoms with Crippen molar-refractivity contribution in [1.29, 1.82) is 0 Å². The maximum Gasteiger partial charge on any atom is 0.181 e. The molecule has 0 aliphatic rings. The van der Waals surface area contributed by atoms with Gasteiger partial charge in [-0.3, -0.25) is 9.48 Å². The first-order chi connectivity index (χ1) is 5.88. The smallest absolute Gasteiger partial charge is 0.181 e. The number of carbonyl (C=O) groups is 1. The molecule has 0 saturated carbocycles. The summed E-state index contributed by atoms with van der Waals surface area (Å²) in [6.07, 6.45) is 3.88. The number of hydrogen-bond donors (Lipinski definition) is 0. The minimum Gasteiger partial charge on any atom is -0.293 e. The Bertz CT molecular complexity index is 419. The molecule has 72 valence electrons. The van der Waals surface area contributed by atoms with Gasteiger partial charge in [-0.15, -0.1) is 0 Å². The summed E-state index contributed by atoms with van der Waals surface area (Å²) in [4.78, 5) is 11.2. The van der Waals surface area contributed by atoms with Crippen LogP contribution < -0.4 is 0 Å². The maximum atomic E-state index is 11.2. The summed E-state index contributed by atoms with van der Waals surface area (Å²) < 4.78 is 23.0. The predicted octanol–water partition coefficient (Wildman–Crippen LogP) is -0.353. The van der Waals surface area contributed by atoms with Crippen molar-refractivity contribution < 1.29 is 13.2 Å². The summed E-state index contributed by atoms with van der Waals surface area (Å²) in [6.45, 7) is 0. The lowest BCUT2D eigenvalue weighted by atomic mass is 10.3. The van der Waals surface area contributed by atoms with Crippen LogP contribution >= 0.6 is 0 Å². The van der Waals surface area contributed by atoms with Crippen molar-refractivity contribution in [1.82, 2.24) is 9.78 Å². The van der Waals surface area contributed by atoms with Gasteiger partial charge in [-0.05, 0) is 0 Å². The fourth-order valence-electron chi connectivity index (χ4n) is 0.887.